The van der Waals surface area contributed by atoms with Crippen LogP contribution in [0.25, 0.3) is 0 Å². The highest BCUT2D eigenvalue weighted by Gasteiger charge is 2.15. The minimum absolute atomic E-state index is 0.165. The zero-order valence-electron chi connectivity index (χ0n) is 10.5. The molecule has 100 valence electrons. The van der Waals surface area contributed by atoms with Crippen LogP contribution in [0.2, 0.25) is 0 Å². The van der Waals surface area contributed by atoms with Crippen molar-refractivity contribution in [3.63, 3.8) is 0 Å². The van der Waals surface area contributed by atoms with Crippen LogP contribution in [0.3, 0.4) is 0 Å². The lowest BCUT2D eigenvalue weighted by Gasteiger charge is -2.12. The monoisotopic (exact) mass is 325 g/mol. The Morgan fingerprint density at radius 1 is 1.47 bits per heavy atom. The fraction of sp³-hybridized carbons (Fsp3) is 0.231. The summed E-state index contributed by atoms with van der Waals surface area (Å²) in [4.78, 5) is 15.7. The molecule has 2 aromatic rings. The fourth-order valence-corrected chi connectivity index (χ4v) is 2.14. The van der Waals surface area contributed by atoms with Gasteiger partial charge in [-0.2, -0.15) is 4.39 Å². The van der Waals surface area contributed by atoms with Crippen molar-refractivity contribution in [1.29, 1.82) is 0 Å². The summed E-state index contributed by atoms with van der Waals surface area (Å²) in [5.41, 5.74) is 0.991. The van der Waals surface area contributed by atoms with Gasteiger partial charge < -0.3 is 9.88 Å². The number of pyridine rings is 1. The molecule has 2 heterocycles. The lowest BCUT2D eigenvalue weighted by atomic mass is 10.3. The summed E-state index contributed by atoms with van der Waals surface area (Å²) >= 11 is 3.35. The molecule has 0 spiro atoms. The molecule has 2 aromatic heterocycles. The number of carbonyl (C=O) groups excluding carboxylic acids is 1. The van der Waals surface area contributed by atoms with Gasteiger partial charge in [0.1, 0.15) is 5.69 Å². The first-order valence-corrected chi connectivity index (χ1v) is 6.57. The lowest BCUT2D eigenvalue weighted by molar-refractivity contribution is 0.101. The molecule has 19 heavy (non-hydrogen) atoms. The molecule has 4 nitrogen and oxygen atoms in total. The Labute approximate surface area is 118 Å². The highest BCUT2D eigenvalue weighted by Crippen LogP contribution is 2.20. The second-order valence-corrected chi connectivity index (χ2v) is 5.28. The van der Waals surface area contributed by atoms with Crippen molar-refractivity contribution in [2.24, 2.45) is 0 Å². The maximum absolute atomic E-state index is 12.7. The Morgan fingerprint density at radius 3 is 2.79 bits per heavy atom. The normalized spacial score (nSPS) is 10.8. The van der Waals surface area contributed by atoms with E-state index in [-0.39, 0.29) is 11.9 Å². The number of nitrogens with one attached hydrogen (secondary N) is 1. The molecule has 0 saturated heterocycles. The third kappa shape index (κ3) is 3.20. The van der Waals surface area contributed by atoms with Crippen LogP contribution in [0, 0.1) is 5.95 Å². The summed E-state index contributed by atoms with van der Waals surface area (Å²) < 4.78 is 15.4. The topological polar surface area (TPSA) is 46.9 Å². The molecule has 0 aliphatic carbocycles. The van der Waals surface area contributed by atoms with E-state index in [1.807, 2.05) is 24.6 Å². The van der Waals surface area contributed by atoms with Gasteiger partial charge in [0, 0.05) is 16.7 Å². The van der Waals surface area contributed by atoms with Crippen LogP contribution in [0.1, 0.15) is 30.4 Å². The third-order valence-corrected chi connectivity index (χ3v) is 3.02. The molecule has 0 radical (unpaired) electrons. The summed E-state index contributed by atoms with van der Waals surface area (Å²) in [6, 6.07) is 4.58. The van der Waals surface area contributed by atoms with E-state index in [2.05, 4.69) is 26.2 Å². The molecular formula is C13H13BrFN3O. The highest BCUT2D eigenvalue weighted by molar-refractivity contribution is 9.10. The zero-order valence-corrected chi connectivity index (χ0v) is 12.1. The Balaban J connectivity index is 2.22. The fourth-order valence-electron chi connectivity index (χ4n) is 1.70. The molecule has 1 amide bonds. The molecule has 0 aliphatic heterocycles. The number of hydrogen-bond acceptors (Lipinski definition) is 2. The quantitative estimate of drug-likeness (QED) is 0.876. The second kappa shape index (κ2) is 5.52. The number of carbonyl (C=O) groups is 1. The number of amides is 1. The number of rotatable bonds is 3. The van der Waals surface area contributed by atoms with Gasteiger partial charge in [-0.15, -0.1) is 0 Å². The largest absolute Gasteiger partial charge is 0.340 e. The number of aromatic nitrogens is 2. The van der Waals surface area contributed by atoms with Crippen LogP contribution in [-0.2, 0) is 0 Å². The zero-order chi connectivity index (χ0) is 14.0. The first-order chi connectivity index (χ1) is 8.97. The summed E-state index contributed by atoms with van der Waals surface area (Å²) in [7, 11) is 0. The van der Waals surface area contributed by atoms with Gasteiger partial charge in [0.25, 0.3) is 5.91 Å². The van der Waals surface area contributed by atoms with Gasteiger partial charge >= 0.3 is 0 Å². The van der Waals surface area contributed by atoms with E-state index >= 15 is 0 Å². The van der Waals surface area contributed by atoms with Crippen molar-refractivity contribution >= 4 is 27.5 Å². The van der Waals surface area contributed by atoms with Gasteiger partial charge in [-0.25, -0.2) is 4.98 Å². The second-order valence-electron chi connectivity index (χ2n) is 4.37. The third-order valence-electron chi connectivity index (χ3n) is 2.59. The van der Waals surface area contributed by atoms with E-state index in [9.17, 15) is 9.18 Å². The van der Waals surface area contributed by atoms with Crippen molar-refractivity contribution in [3.8, 4) is 0 Å². The molecule has 0 aromatic carbocycles. The van der Waals surface area contributed by atoms with Gasteiger partial charge in [-0.3, -0.25) is 4.79 Å². The summed E-state index contributed by atoms with van der Waals surface area (Å²) in [6.45, 7) is 3.98. The Hall–Kier alpha value is -1.69. The molecule has 0 aliphatic rings. The molecule has 0 unspecified atom stereocenters. The molecule has 0 fully saturated rings. The maximum Gasteiger partial charge on any atom is 0.272 e. The number of halogens is 2. The minimum atomic E-state index is -0.578. The van der Waals surface area contributed by atoms with E-state index in [1.54, 1.807) is 6.07 Å². The van der Waals surface area contributed by atoms with E-state index in [1.165, 1.54) is 18.3 Å². The predicted octanol–water partition coefficient (Wildman–Crippen LogP) is 3.62. The summed E-state index contributed by atoms with van der Waals surface area (Å²) in [5.74, 6) is -0.834. The van der Waals surface area contributed by atoms with Crippen molar-refractivity contribution in [2.75, 3.05) is 5.32 Å². The first kappa shape index (κ1) is 13.7. The van der Waals surface area contributed by atoms with Crippen LogP contribution in [0.4, 0.5) is 10.1 Å². The van der Waals surface area contributed by atoms with E-state index < -0.39 is 5.95 Å². The molecule has 0 atom stereocenters. The van der Waals surface area contributed by atoms with E-state index in [0.29, 0.717) is 11.4 Å². The average Bonchev–Trinajstić information content (AvgIpc) is 2.74. The van der Waals surface area contributed by atoms with Gasteiger partial charge in [0.15, 0.2) is 0 Å². The van der Waals surface area contributed by atoms with Crippen molar-refractivity contribution < 1.29 is 9.18 Å². The Bertz CT molecular complexity index is 592. The molecule has 0 saturated carbocycles. The number of nitrogens with zero attached hydrogens (tertiary/aromatic N) is 2. The summed E-state index contributed by atoms with van der Waals surface area (Å²) in [6.07, 6.45) is 3.13. The number of hydrogen-bond donors (Lipinski definition) is 1. The van der Waals surface area contributed by atoms with Crippen molar-refractivity contribution in [1.82, 2.24) is 9.55 Å². The van der Waals surface area contributed by atoms with Crippen LogP contribution in [0.5, 0.6) is 0 Å². The van der Waals surface area contributed by atoms with Gasteiger partial charge in [0.05, 0.1) is 11.9 Å². The molecule has 6 heteroatoms. The predicted molar refractivity (Wildman–Crippen MR) is 74.7 cm³/mol. The standard InChI is InChI=1S/C13H13BrFN3O/c1-8(2)18-7-9(14)5-11(18)13(19)17-10-3-4-12(15)16-6-10/h3-8H,1-2H3,(H,17,19). The Morgan fingerprint density at radius 2 is 2.21 bits per heavy atom. The van der Waals surface area contributed by atoms with E-state index in [0.717, 1.165) is 4.47 Å². The summed E-state index contributed by atoms with van der Waals surface area (Å²) in [5, 5.41) is 2.68. The highest BCUT2D eigenvalue weighted by atomic mass is 79.9. The molecule has 2 rings (SSSR count). The molecule has 0 bridgehead atoms. The van der Waals surface area contributed by atoms with Crippen LogP contribution >= 0.6 is 15.9 Å². The number of anilines is 1. The smallest absolute Gasteiger partial charge is 0.272 e. The minimum Gasteiger partial charge on any atom is -0.340 e. The van der Waals surface area contributed by atoms with Gasteiger partial charge in [-0.05, 0) is 48.0 Å². The Kier molecular flexibility index (Phi) is 3.99. The van der Waals surface area contributed by atoms with Crippen molar-refractivity contribution in [3.05, 3.63) is 46.7 Å². The van der Waals surface area contributed by atoms with Crippen LogP contribution < -0.4 is 5.32 Å². The van der Waals surface area contributed by atoms with E-state index in [4.69, 9.17) is 0 Å². The lowest BCUT2D eigenvalue weighted by Crippen LogP contribution is -2.17. The van der Waals surface area contributed by atoms with Crippen molar-refractivity contribution in [2.45, 2.75) is 19.9 Å². The molecular weight excluding hydrogens is 313 g/mol. The maximum atomic E-state index is 12.7. The first-order valence-electron chi connectivity index (χ1n) is 5.77. The van der Waals surface area contributed by atoms with Gasteiger partial charge in [0.2, 0.25) is 5.95 Å². The average molecular weight is 326 g/mol. The molecule has 1 N–H and O–H groups in total. The van der Waals surface area contributed by atoms with Gasteiger partial charge in [-0.1, -0.05) is 0 Å². The van der Waals surface area contributed by atoms with Crippen LogP contribution in [-0.4, -0.2) is 15.5 Å². The SMILES string of the molecule is CC(C)n1cc(Br)cc1C(=O)Nc1ccc(F)nc1. The van der Waals surface area contributed by atoms with Crippen LogP contribution in [0.15, 0.2) is 35.1 Å².